The van der Waals surface area contributed by atoms with Crippen LogP contribution in [-0.4, -0.2) is 41.0 Å². The first-order chi connectivity index (χ1) is 15.3. The summed E-state index contributed by atoms with van der Waals surface area (Å²) in [5, 5.41) is 0.487. The third-order valence-electron chi connectivity index (χ3n) is 4.84. The van der Waals surface area contributed by atoms with E-state index in [9.17, 15) is 18.0 Å². The molecule has 7 nitrogen and oxygen atoms in total. The van der Waals surface area contributed by atoms with Crippen molar-refractivity contribution < 1.29 is 22.7 Å². The van der Waals surface area contributed by atoms with E-state index in [-0.39, 0.29) is 16.7 Å². The number of para-hydroxylation sites is 2. The van der Waals surface area contributed by atoms with E-state index in [0.29, 0.717) is 11.0 Å². The molecule has 1 aromatic heterocycles. The summed E-state index contributed by atoms with van der Waals surface area (Å²) in [5.74, 6) is -1.18. The van der Waals surface area contributed by atoms with E-state index in [1.807, 2.05) is 24.3 Å². The second-order valence-electron chi connectivity index (χ2n) is 7.02. The number of fused-ring (bicyclic) bond motifs is 2. The van der Waals surface area contributed by atoms with Gasteiger partial charge in [0.1, 0.15) is 0 Å². The van der Waals surface area contributed by atoms with E-state index in [0.717, 1.165) is 26.5 Å². The predicted molar refractivity (Wildman–Crippen MR) is 123 cm³/mol. The van der Waals surface area contributed by atoms with Crippen molar-refractivity contribution in [2.75, 3.05) is 6.61 Å². The number of imidazole rings is 1. The lowest BCUT2D eigenvalue weighted by atomic mass is 10.1. The SMILES string of the molecule is CCOC(=O)C(Sc1nc2ccccc2n1S(=O)(=O)c1ccc2ccccc2c1)C(C)=O. The maximum Gasteiger partial charge on any atom is 0.327 e. The highest BCUT2D eigenvalue weighted by molar-refractivity contribution is 8.01. The maximum absolute atomic E-state index is 13.7. The highest BCUT2D eigenvalue weighted by Crippen LogP contribution is 2.32. The van der Waals surface area contributed by atoms with Gasteiger partial charge in [-0.25, -0.2) is 17.4 Å². The second-order valence-corrected chi connectivity index (χ2v) is 9.88. The molecule has 0 fully saturated rings. The largest absolute Gasteiger partial charge is 0.465 e. The number of rotatable bonds is 7. The first-order valence-corrected chi connectivity index (χ1v) is 12.2. The number of carbonyl (C=O) groups excluding carboxylic acids is 2. The Hall–Kier alpha value is -3.17. The van der Waals surface area contributed by atoms with Crippen molar-refractivity contribution in [2.45, 2.75) is 29.1 Å². The number of thioether (sulfide) groups is 1. The van der Waals surface area contributed by atoms with Gasteiger partial charge in [-0.3, -0.25) is 9.59 Å². The van der Waals surface area contributed by atoms with Crippen molar-refractivity contribution in [3.63, 3.8) is 0 Å². The van der Waals surface area contributed by atoms with Crippen molar-refractivity contribution in [1.29, 1.82) is 0 Å². The minimum Gasteiger partial charge on any atom is -0.465 e. The standard InChI is InChI=1S/C23H20N2O5S2/c1-3-30-22(27)21(15(2)26)31-23-24-19-10-6-7-11-20(19)25(23)32(28,29)18-13-12-16-8-4-5-9-17(16)14-18/h4-14,21H,3H2,1-2H3. The molecule has 0 aliphatic carbocycles. The van der Waals surface area contributed by atoms with Crippen LogP contribution in [0.2, 0.25) is 0 Å². The van der Waals surface area contributed by atoms with E-state index in [4.69, 9.17) is 4.74 Å². The molecule has 0 aliphatic rings. The fourth-order valence-electron chi connectivity index (χ4n) is 3.34. The van der Waals surface area contributed by atoms with E-state index < -0.39 is 27.0 Å². The van der Waals surface area contributed by atoms with Crippen LogP contribution in [0.3, 0.4) is 0 Å². The smallest absolute Gasteiger partial charge is 0.327 e. The molecule has 0 saturated carbocycles. The Morgan fingerprint density at radius 1 is 1.03 bits per heavy atom. The summed E-state index contributed by atoms with van der Waals surface area (Å²) in [4.78, 5) is 29.0. The van der Waals surface area contributed by atoms with E-state index in [1.54, 1.807) is 43.3 Å². The van der Waals surface area contributed by atoms with Crippen LogP contribution in [0, 0.1) is 0 Å². The predicted octanol–water partition coefficient (Wildman–Crippen LogP) is 4.04. The molecule has 1 heterocycles. The molecule has 0 saturated heterocycles. The highest BCUT2D eigenvalue weighted by atomic mass is 32.2. The average Bonchev–Trinajstić information content (AvgIpc) is 3.16. The van der Waals surface area contributed by atoms with Gasteiger partial charge in [-0.15, -0.1) is 0 Å². The molecule has 0 spiro atoms. The lowest BCUT2D eigenvalue weighted by molar-refractivity contribution is -0.144. The number of hydrogen-bond donors (Lipinski definition) is 0. The third-order valence-corrected chi connectivity index (χ3v) is 7.90. The highest BCUT2D eigenvalue weighted by Gasteiger charge is 2.32. The lowest BCUT2D eigenvalue weighted by Gasteiger charge is -2.14. The number of carbonyl (C=O) groups is 2. The molecule has 1 atom stereocenters. The molecule has 0 bridgehead atoms. The Balaban J connectivity index is 1.88. The first-order valence-electron chi connectivity index (χ1n) is 9.88. The molecule has 164 valence electrons. The number of esters is 1. The van der Waals surface area contributed by atoms with Crippen molar-refractivity contribution in [3.05, 3.63) is 66.7 Å². The number of ether oxygens (including phenoxy) is 1. The normalized spacial score (nSPS) is 12.7. The summed E-state index contributed by atoms with van der Waals surface area (Å²) in [5.41, 5.74) is 0.792. The Labute approximate surface area is 189 Å². The Bertz CT molecular complexity index is 1440. The maximum atomic E-state index is 13.7. The number of benzene rings is 3. The Morgan fingerprint density at radius 2 is 1.72 bits per heavy atom. The first kappa shape index (κ1) is 22.0. The monoisotopic (exact) mass is 468 g/mol. The van der Waals surface area contributed by atoms with Gasteiger partial charge in [0.2, 0.25) is 0 Å². The Kier molecular flexibility index (Phi) is 6.03. The zero-order valence-corrected chi connectivity index (χ0v) is 19.0. The van der Waals surface area contributed by atoms with Gasteiger partial charge in [0, 0.05) is 0 Å². The summed E-state index contributed by atoms with van der Waals surface area (Å²) in [7, 11) is -4.08. The van der Waals surface area contributed by atoms with Crippen LogP contribution in [0.15, 0.2) is 76.8 Å². The molecule has 4 aromatic rings. The van der Waals surface area contributed by atoms with Gasteiger partial charge in [0.25, 0.3) is 10.0 Å². The quantitative estimate of drug-likeness (QED) is 0.229. The summed E-state index contributed by atoms with van der Waals surface area (Å²) in [6.45, 7) is 3.01. The van der Waals surface area contributed by atoms with Crippen LogP contribution in [0.4, 0.5) is 0 Å². The summed E-state index contributed by atoms with van der Waals surface area (Å²) in [6.07, 6.45) is 0. The fraction of sp³-hybridized carbons (Fsp3) is 0.174. The number of nitrogens with zero attached hydrogens (tertiary/aromatic N) is 2. The van der Waals surface area contributed by atoms with Gasteiger partial charge in [-0.1, -0.05) is 54.2 Å². The second kappa shape index (κ2) is 8.76. The zero-order chi connectivity index (χ0) is 22.9. The number of aromatic nitrogens is 2. The van der Waals surface area contributed by atoms with Gasteiger partial charge in [-0.2, -0.15) is 0 Å². The van der Waals surface area contributed by atoms with Gasteiger partial charge < -0.3 is 4.74 Å². The molecular weight excluding hydrogens is 448 g/mol. The molecule has 0 N–H and O–H groups in total. The number of hydrogen-bond acceptors (Lipinski definition) is 7. The van der Waals surface area contributed by atoms with Gasteiger partial charge in [0.15, 0.2) is 16.2 Å². The van der Waals surface area contributed by atoms with Crippen LogP contribution >= 0.6 is 11.8 Å². The molecule has 0 amide bonds. The molecule has 0 aliphatic heterocycles. The van der Waals surface area contributed by atoms with E-state index in [2.05, 4.69) is 4.98 Å². The van der Waals surface area contributed by atoms with Crippen LogP contribution in [0.5, 0.6) is 0 Å². The zero-order valence-electron chi connectivity index (χ0n) is 17.4. The molecule has 0 radical (unpaired) electrons. The van der Waals surface area contributed by atoms with Crippen LogP contribution in [0.1, 0.15) is 13.8 Å². The average molecular weight is 469 g/mol. The molecular formula is C23H20N2O5S2. The van der Waals surface area contributed by atoms with E-state index in [1.165, 1.54) is 13.0 Å². The fourth-order valence-corrected chi connectivity index (χ4v) is 6.04. The molecule has 1 unspecified atom stereocenters. The van der Waals surface area contributed by atoms with Crippen molar-refractivity contribution >= 4 is 55.3 Å². The van der Waals surface area contributed by atoms with Crippen molar-refractivity contribution in [2.24, 2.45) is 0 Å². The van der Waals surface area contributed by atoms with Gasteiger partial charge >= 0.3 is 5.97 Å². The van der Waals surface area contributed by atoms with Crippen LogP contribution in [-0.2, 0) is 24.3 Å². The van der Waals surface area contributed by atoms with Gasteiger partial charge in [0.05, 0.1) is 22.5 Å². The third kappa shape index (κ3) is 4.01. The van der Waals surface area contributed by atoms with E-state index >= 15 is 0 Å². The van der Waals surface area contributed by atoms with Crippen molar-refractivity contribution in [3.8, 4) is 0 Å². The lowest BCUT2D eigenvalue weighted by Crippen LogP contribution is -2.28. The summed E-state index contributed by atoms with van der Waals surface area (Å²) < 4.78 is 33.6. The minimum atomic E-state index is -4.08. The van der Waals surface area contributed by atoms with Crippen LogP contribution in [0.25, 0.3) is 21.8 Å². The topological polar surface area (TPSA) is 95.3 Å². The molecule has 9 heteroatoms. The minimum absolute atomic E-state index is 0.0209. The molecule has 4 rings (SSSR count). The van der Waals surface area contributed by atoms with Gasteiger partial charge in [-0.05, 0) is 48.9 Å². The Morgan fingerprint density at radius 3 is 2.44 bits per heavy atom. The summed E-state index contributed by atoms with van der Waals surface area (Å²) >= 11 is 0.771. The molecule has 32 heavy (non-hydrogen) atoms. The number of Topliss-reactive ketones (excluding diaryl/α,β-unsaturated/α-hetero) is 1. The van der Waals surface area contributed by atoms with Crippen LogP contribution < -0.4 is 0 Å². The van der Waals surface area contributed by atoms with Crippen molar-refractivity contribution in [1.82, 2.24) is 8.96 Å². The molecule has 3 aromatic carbocycles. The summed E-state index contributed by atoms with van der Waals surface area (Å²) in [6, 6.07) is 19.1. The number of ketones is 1.